The molecule has 0 bridgehead atoms. The second-order valence-corrected chi connectivity index (χ2v) is 9.08. The number of para-hydroxylation sites is 1. The second-order valence-electron chi connectivity index (χ2n) is 8.67. The molecule has 4 rings (SSSR count). The van der Waals surface area contributed by atoms with E-state index in [1.54, 1.807) is 18.1 Å². The SMILES string of the molecule is CCCN(CC(=O)N1CCn2cccc2[C@H]1c1ccccc1OC)C(=O)Nc1ccc(C)c(Cl)c1. The Kier molecular flexibility index (Phi) is 7.66. The van der Waals surface area contributed by atoms with Gasteiger partial charge in [0.15, 0.2) is 0 Å². The zero-order valence-electron chi connectivity index (χ0n) is 20.3. The molecule has 3 aromatic rings. The van der Waals surface area contributed by atoms with Crippen LogP contribution in [0.5, 0.6) is 5.75 Å². The van der Waals surface area contributed by atoms with Gasteiger partial charge in [-0.05, 0) is 49.2 Å². The summed E-state index contributed by atoms with van der Waals surface area (Å²) in [6.07, 6.45) is 2.76. The number of hydrogen-bond acceptors (Lipinski definition) is 3. The lowest BCUT2D eigenvalue weighted by Crippen LogP contribution is -2.49. The zero-order valence-corrected chi connectivity index (χ0v) is 21.1. The van der Waals surface area contributed by atoms with Crippen LogP contribution in [0.25, 0.3) is 0 Å². The summed E-state index contributed by atoms with van der Waals surface area (Å²) in [7, 11) is 1.64. The fraction of sp³-hybridized carbons (Fsp3) is 0.333. The first-order chi connectivity index (χ1) is 16.9. The predicted molar refractivity (Wildman–Crippen MR) is 138 cm³/mol. The predicted octanol–water partition coefficient (Wildman–Crippen LogP) is 5.33. The highest BCUT2D eigenvalue weighted by Crippen LogP contribution is 2.37. The second kappa shape index (κ2) is 10.9. The van der Waals surface area contributed by atoms with Crippen LogP contribution >= 0.6 is 11.6 Å². The molecule has 2 heterocycles. The van der Waals surface area contributed by atoms with Crippen molar-refractivity contribution in [3.05, 3.63) is 82.6 Å². The molecule has 1 atom stereocenters. The average molecular weight is 495 g/mol. The molecule has 35 heavy (non-hydrogen) atoms. The van der Waals surface area contributed by atoms with Gasteiger partial charge >= 0.3 is 6.03 Å². The van der Waals surface area contributed by atoms with Crippen LogP contribution in [0.1, 0.15) is 36.2 Å². The van der Waals surface area contributed by atoms with Gasteiger partial charge in [0, 0.05) is 47.8 Å². The van der Waals surface area contributed by atoms with Crippen LogP contribution in [-0.2, 0) is 11.3 Å². The topological polar surface area (TPSA) is 66.8 Å². The Morgan fingerprint density at radius 1 is 1.14 bits per heavy atom. The summed E-state index contributed by atoms with van der Waals surface area (Å²) in [5.74, 6) is 0.614. The fourth-order valence-electron chi connectivity index (χ4n) is 4.52. The Labute approximate surface area is 211 Å². The summed E-state index contributed by atoms with van der Waals surface area (Å²) >= 11 is 6.22. The third-order valence-electron chi connectivity index (χ3n) is 6.32. The number of aryl methyl sites for hydroxylation is 1. The Bertz CT molecular complexity index is 1210. The summed E-state index contributed by atoms with van der Waals surface area (Å²) in [6, 6.07) is 16.6. The van der Waals surface area contributed by atoms with Crippen molar-refractivity contribution in [1.29, 1.82) is 0 Å². The van der Waals surface area contributed by atoms with Gasteiger partial charge in [-0.15, -0.1) is 0 Å². The Morgan fingerprint density at radius 3 is 2.69 bits per heavy atom. The maximum Gasteiger partial charge on any atom is 0.322 e. The maximum absolute atomic E-state index is 13.7. The van der Waals surface area contributed by atoms with Crippen LogP contribution in [0.4, 0.5) is 10.5 Å². The number of benzene rings is 2. The molecule has 0 fully saturated rings. The van der Waals surface area contributed by atoms with E-state index in [2.05, 4.69) is 9.88 Å². The highest BCUT2D eigenvalue weighted by atomic mass is 35.5. The number of carbonyl (C=O) groups excluding carboxylic acids is 2. The van der Waals surface area contributed by atoms with Gasteiger partial charge in [0.1, 0.15) is 18.3 Å². The molecule has 1 aromatic heterocycles. The molecule has 1 aliphatic rings. The number of halogens is 1. The molecular weight excluding hydrogens is 464 g/mol. The summed E-state index contributed by atoms with van der Waals surface area (Å²) in [4.78, 5) is 30.2. The van der Waals surface area contributed by atoms with Gasteiger partial charge in [-0.3, -0.25) is 4.79 Å². The molecule has 1 N–H and O–H groups in total. The number of urea groups is 1. The monoisotopic (exact) mass is 494 g/mol. The number of amides is 3. The highest BCUT2D eigenvalue weighted by molar-refractivity contribution is 6.31. The first-order valence-electron chi connectivity index (χ1n) is 11.8. The van der Waals surface area contributed by atoms with Crippen molar-refractivity contribution >= 4 is 29.2 Å². The highest BCUT2D eigenvalue weighted by Gasteiger charge is 2.34. The number of aromatic nitrogens is 1. The summed E-state index contributed by atoms with van der Waals surface area (Å²) in [5, 5.41) is 3.46. The quantitative estimate of drug-likeness (QED) is 0.482. The minimum atomic E-state index is -0.325. The summed E-state index contributed by atoms with van der Waals surface area (Å²) in [6.45, 7) is 5.56. The van der Waals surface area contributed by atoms with E-state index in [-0.39, 0.29) is 24.5 Å². The van der Waals surface area contributed by atoms with Crippen LogP contribution < -0.4 is 10.1 Å². The van der Waals surface area contributed by atoms with E-state index in [9.17, 15) is 9.59 Å². The summed E-state index contributed by atoms with van der Waals surface area (Å²) < 4.78 is 7.79. The molecule has 1 aliphatic heterocycles. The largest absolute Gasteiger partial charge is 0.496 e. The van der Waals surface area contributed by atoms with E-state index in [1.165, 1.54) is 0 Å². The van der Waals surface area contributed by atoms with Crippen molar-refractivity contribution in [2.24, 2.45) is 0 Å². The number of ether oxygens (including phenoxy) is 1. The van der Waals surface area contributed by atoms with Crippen molar-refractivity contribution in [2.45, 2.75) is 32.9 Å². The lowest BCUT2D eigenvalue weighted by Gasteiger charge is -2.38. The molecule has 2 aromatic carbocycles. The van der Waals surface area contributed by atoms with E-state index >= 15 is 0 Å². The molecule has 0 spiro atoms. The molecule has 0 saturated carbocycles. The number of nitrogens with zero attached hydrogens (tertiary/aromatic N) is 3. The molecule has 0 radical (unpaired) electrons. The smallest absolute Gasteiger partial charge is 0.322 e. The minimum Gasteiger partial charge on any atom is -0.496 e. The molecule has 0 aliphatic carbocycles. The van der Waals surface area contributed by atoms with E-state index in [4.69, 9.17) is 16.3 Å². The average Bonchev–Trinajstić information content (AvgIpc) is 3.34. The third kappa shape index (κ3) is 5.30. The van der Waals surface area contributed by atoms with Crippen LogP contribution in [0.2, 0.25) is 5.02 Å². The number of anilines is 1. The number of fused-ring (bicyclic) bond motifs is 1. The molecular formula is C27H31ClN4O3. The minimum absolute atomic E-state index is 0.0222. The first-order valence-corrected chi connectivity index (χ1v) is 12.2. The van der Waals surface area contributed by atoms with Crippen molar-refractivity contribution in [3.63, 3.8) is 0 Å². The summed E-state index contributed by atoms with van der Waals surface area (Å²) in [5.41, 5.74) is 3.48. The van der Waals surface area contributed by atoms with Crippen LogP contribution in [0.15, 0.2) is 60.8 Å². The standard InChI is InChI=1S/C27H31ClN4O3/c1-4-13-31(27(34)29-20-12-11-19(2)22(28)17-20)18-25(33)32-16-15-30-14-7-9-23(30)26(32)21-8-5-6-10-24(21)35-3/h5-12,14,17,26H,4,13,15-16,18H2,1-3H3,(H,29,34)/t26-/m1/s1. The van der Waals surface area contributed by atoms with Gasteiger partial charge in [-0.2, -0.15) is 0 Å². The Hall–Kier alpha value is -3.45. The van der Waals surface area contributed by atoms with Crippen molar-refractivity contribution in [1.82, 2.24) is 14.4 Å². The number of rotatable bonds is 7. The van der Waals surface area contributed by atoms with Gasteiger partial charge in [0.25, 0.3) is 0 Å². The van der Waals surface area contributed by atoms with Gasteiger partial charge in [0.05, 0.1) is 7.11 Å². The molecule has 0 saturated heterocycles. The van der Waals surface area contributed by atoms with Crippen LogP contribution in [0.3, 0.4) is 0 Å². The van der Waals surface area contributed by atoms with E-state index < -0.39 is 0 Å². The van der Waals surface area contributed by atoms with Crippen molar-refractivity contribution in [3.8, 4) is 5.75 Å². The van der Waals surface area contributed by atoms with E-state index in [0.29, 0.717) is 30.3 Å². The van der Waals surface area contributed by atoms with E-state index in [1.807, 2.05) is 73.5 Å². The Morgan fingerprint density at radius 2 is 1.94 bits per heavy atom. The van der Waals surface area contributed by atoms with Crippen molar-refractivity contribution in [2.75, 3.05) is 32.1 Å². The molecule has 7 nitrogen and oxygen atoms in total. The number of carbonyl (C=O) groups is 2. The van der Waals surface area contributed by atoms with E-state index in [0.717, 1.165) is 29.0 Å². The lowest BCUT2D eigenvalue weighted by molar-refractivity contribution is -0.134. The lowest BCUT2D eigenvalue weighted by atomic mass is 9.98. The number of methoxy groups -OCH3 is 1. The Balaban J connectivity index is 1.58. The first kappa shape index (κ1) is 24.7. The maximum atomic E-state index is 13.7. The zero-order chi connectivity index (χ0) is 24.9. The fourth-order valence-corrected chi connectivity index (χ4v) is 4.70. The molecule has 8 heteroatoms. The normalized spacial score (nSPS) is 14.9. The molecule has 0 unspecified atom stereocenters. The number of hydrogen-bond donors (Lipinski definition) is 1. The van der Waals surface area contributed by atoms with Crippen molar-refractivity contribution < 1.29 is 14.3 Å². The van der Waals surface area contributed by atoms with Gasteiger partial charge in [0.2, 0.25) is 5.91 Å². The van der Waals surface area contributed by atoms with Crippen LogP contribution in [0, 0.1) is 6.92 Å². The van der Waals surface area contributed by atoms with Gasteiger partial charge < -0.3 is 24.4 Å². The number of nitrogens with one attached hydrogen (secondary N) is 1. The van der Waals surface area contributed by atoms with Crippen LogP contribution in [-0.4, -0.2) is 53.0 Å². The molecule has 3 amide bonds. The van der Waals surface area contributed by atoms with Gasteiger partial charge in [-0.25, -0.2) is 4.79 Å². The van der Waals surface area contributed by atoms with Gasteiger partial charge in [-0.1, -0.05) is 42.8 Å². The third-order valence-corrected chi connectivity index (χ3v) is 6.73. The molecule has 184 valence electrons.